The molecule has 1 atom stereocenters. The Morgan fingerprint density at radius 3 is 2.97 bits per heavy atom. The highest BCUT2D eigenvalue weighted by Crippen LogP contribution is 2.40. The van der Waals surface area contributed by atoms with Crippen LogP contribution in [0, 0.1) is 12.8 Å². The average molecular weight is 424 g/mol. The van der Waals surface area contributed by atoms with Crippen LogP contribution in [0.3, 0.4) is 0 Å². The van der Waals surface area contributed by atoms with E-state index >= 15 is 0 Å². The fourth-order valence-electron chi connectivity index (χ4n) is 3.81. The number of aryl methyl sites for hydroxylation is 1. The molecule has 2 aromatic heterocycles. The molecule has 30 heavy (non-hydrogen) atoms. The summed E-state index contributed by atoms with van der Waals surface area (Å²) in [4.78, 5) is 26.3. The van der Waals surface area contributed by atoms with Crippen LogP contribution in [-0.4, -0.2) is 18.5 Å². The number of esters is 1. The first-order valence-electron chi connectivity index (χ1n) is 10.3. The van der Waals surface area contributed by atoms with E-state index in [0.29, 0.717) is 28.8 Å². The molecule has 0 unspecified atom stereocenters. The normalized spacial score (nSPS) is 16.0. The molecular formula is C24H25NO4S. The van der Waals surface area contributed by atoms with E-state index in [2.05, 4.69) is 12.2 Å². The summed E-state index contributed by atoms with van der Waals surface area (Å²) in [5.74, 6) is 0.516. The van der Waals surface area contributed by atoms with Crippen LogP contribution in [0.5, 0.6) is 0 Å². The highest BCUT2D eigenvalue weighted by molar-refractivity contribution is 7.17. The molecule has 1 amide bonds. The second-order valence-electron chi connectivity index (χ2n) is 7.79. The standard InChI is InChI=1S/C24H25NO4S/c1-4-28-24(27)22-18-9-6-15(3)12-20(18)30-23(22)25-21(26)10-8-17-13-16-7-5-14(2)11-19(16)29-17/h5,7-8,10-11,13,15H,4,6,9,12H2,1-3H3,(H,25,26)/b10-8+/t15-/m0/s1. The van der Waals surface area contributed by atoms with Crippen LogP contribution < -0.4 is 5.32 Å². The highest BCUT2D eigenvalue weighted by atomic mass is 32.1. The molecule has 6 heteroatoms. The molecule has 0 saturated carbocycles. The summed E-state index contributed by atoms with van der Waals surface area (Å²) in [7, 11) is 0. The number of nitrogens with one attached hydrogen (secondary N) is 1. The number of furan rings is 1. The minimum atomic E-state index is -0.364. The van der Waals surface area contributed by atoms with Crippen LogP contribution in [0.1, 0.15) is 52.4 Å². The predicted octanol–water partition coefficient (Wildman–Crippen LogP) is 5.76. The molecule has 1 aliphatic rings. The van der Waals surface area contributed by atoms with Crippen molar-refractivity contribution in [3.63, 3.8) is 0 Å². The number of thiophene rings is 1. The van der Waals surface area contributed by atoms with Gasteiger partial charge in [0.25, 0.3) is 0 Å². The van der Waals surface area contributed by atoms with Crippen molar-refractivity contribution in [1.29, 1.82) is 0 Å². The van der Waals surface area contributed by atoms with Gasteiger partial charge in [-0.1, -0.05) is 19.1 Å². The summed E-state index contributed by atoms with van der Waals surface area (Å²) in [6.45, 7) is 6.31. The minimum absolute atomic E-state index is 0.302. The number of fused-ring (bicyclic) bond motifs is 2. The summed E-state index contributed by atoms with van der Waals surface area (Å²) < 4.78 is 11.0. The van der Waals surface area contributed by atoms with E-state index in [-0.39, 0.29) is 11.9 Å². The van der Waals surface area contributed by atoms with Crippen molar-refractivity contribution in [3.05, 3.63) is 57.7 Å². The number of anilines is 1. The monoisotopic (exact) mass is 423 g/mol. The van der Waals surface area contributed by atoms with Gasteiger partial charge in [0.05, 0.1) is 12.2 Å². The third kappa shape index (κ3) is 4.19. The van der Waals surface area contributed by atoms with Gasteiger partial charge in [-0.2, -0.15) is 0 Å². The zero-order valence-electron chi connectivity index (χ0n) is 17.4. The number of hydrogen-bond acceptors (Lipinski definition) is 5. The first kappa shape index (κ1) is 20.4. The molecule has 2 heterocycles. The summed E-state index contributed by atoms with van der Waals surface area (Å²) in [5.41, 5.74) is 3.46. The van der Waals surface area contributed by atoms with E-state index in [4.69, 9.17) is 9.15 Å². The lowest BCUT2D eigenvalue weighted by Gasteiger charge is -2.18. The van der Waals surface area contributed by atoms with Gasteiger partial charge in [0.1, 0.15) is 16.3 Å². The number of rotatable bonds is 5. The quantitative estimate of drug-likeness (QED) is 0.419. The predicted molar refractivity (Wildman–Crippen MR) is 120 cm³/mol. The van der Waals surface area contributed by atoms with Crippen molar-refractivity contribution in [2.45, 2.75) is 40.0 Å². The molecule has 1 aliphatic carbocycles. The molecule has 0 spiro atoms. The molecule has 0 bridgehead atoms. The third-order valence-electron chi connectivity index (χ3n) is 5.32. The number of carbonyl (C=O) groups excluding carboxylic acids is 2. The number of amides is 1. The van der Waals surface area contributed by atoms with Crippen molar-refractivity contribution in [3.8, 4) is 0 Å². The van der Waals surface area contributed by atoms with Crippen molar-refractivity contribution >= 4 is 45.3 Å². The smallest absolute Gasteiger partial charge is 0.341 e. The lowest BCUT2D eigenvalue weighted by molar-refractivity contribution is -0.111. The van der Waals surface area contributed by atoms with E-state index in [1.54, 1.807) is 13.0 Å². The molecule has 0 radical (unpaired) electrons. The SMILES string of the molecule is CCOC(=O)c1c(NC(=O)/C=C/c2cc3ccc(C)cc3o2)sc2c1CC[C@H](C)C2. The van der Waals surface area contributed by atoms with Crippen LogP contribution >= 0.6 is 11.3 Å². The van der Waals surface area contributed by atoms with E-state index in [1.165, 1.54) is 22.3 Å². The number of carbonyl (C=O) groups is 2. The Bertz CT molecular complexity index is 1140. The van der Waals surface area contributed by atoms with E-state index in [1.807, 2.05) is 31.2 Å². The molecule has 0 saturated heterocycles. The van der Waals surface area contributed by atoms with E-state index < -0.39 is 0 Å². The summed E-state index contributed by atoms with van der Waals surface area (Å²) in [6, 6.07) is 7.88. The summed E-state index contributed by atoms with van der Waals surface area (Å²) in [6.07, 6.45) is 5.88. The molecule has 3 aromatic rings. The van der Waals surface area contributed by atoms with Crippen LogP contribution in [0.4, 0.5) is 5.00 Å². The first-order valence-corrected chi connectivity index (χ1v) is 11.1. The van der Waals surface area contributed by atoms with Gasteiger partial charge in [0.15, 0.2) is 0 Å². The molecule has 5 nitrogen and oxygen atoms in total. The van der Waals surface area contributed by atoms with Gasteiger partial charge < -0.3 is 14.5 Å². The van der Waals surface area contributed by atoms with Crippen molar-refractivity contribution in [2.24, 2.45) is 5.92 Å². The number of benzene rings is 1. The second kappa shape index (κ2) is 8.48. The van der Waals surface area contributed by atoms with Crippen LogP contribution in [0.15, 0.2) is 34.8 Å². The number of ether oxygens (including phenoxy) is 1. The zero-order valence-corrected chi connectivity index (χ0v) is 18.2. The van der Waals surface area contributed by atoms with Gasteiger partial charge >= 0.3 is 5.97 Å². The Hall–Kier alpha value is -2.86. The average Bonchev–Trinajstić information content (AvgIpc) is 3.26. The molecule has 0 aliphatic heterocycles. The van der Waals surface area contributed by atoms with Crippen molar-refractivity contribution < 1.29 is 18.7 Å². The van der Waals surface area contributed by atoms with Crippen LogP contribution in [0.25, 0.3) is 17.0 Å². The second-order valence-corrected chi connectivity index (χ2v) is 8.89. The van der Waals surface area contributed by atoms with Crippen LogP contribution in [0.2, 0.25) is 0 Å². The van der Waals surface area contributed by atoms with Gasteiger partial charge in [0.2, 0.25) is 5.91 Å². The Labute approximate surface area is 179 Å². The maximum atomic E-state index is 12.6. The topological polar surface area (TPSA) is 68.5 Å². The molecule has 1 aromatic carbocycles. The minimum Gasteiger partial charge on any atom is -0.462 e. The maximum Gasteiger partial charge on any atom is 0.341 e. The summed E-state index contributed by atoms with van der Waals surface area (Å²) >= 11 is 1.49. The van der Waals surface area contributed by atoms with Crippen LogP contribution in [-0.2, 0) is 22.4 Å². The van der Waals surface area contributed by atoms with E-state index in [9.17, 15) is 9.59 Å². The lowest BCUT2D eigenvalue weighted by Crippen LogP contribution is -2.15. The summed E-state index contributed by atoms with van der Waals surface area (Å²) in [5, 5.41) is 4.45. The van der Waals surface area contributed by atoms with Gasteiger partial charge in [-0.15, -0.1) is 11.3 Å². The molecule has 4 rings (SSSR count). The Kier molecular flexibility index (Phi) is 5.77. The lowest BCUT2D eigenvalue weighted by atomic mass is 9.88. The van der Waals surface area contributed by atoms with Gasteiger partial charge in [-0.3, -0.25) is 4.79 Å². The molecular weight excluding hydrogens is 398 g/mol. The Morgan fingerprint density at radius 1 is 1.33 bits per heavy atom. The van der Waals surface area contributed by atoms with Gasteiger partial charge in [0, 0.05) is 16.3 Å². The van der Waals surface area contributed by atoms with Crippen molar-refractivity contribution in [2.75, 3.05) is 11.9 Å². The first-order chi connectivity index (χ1) is 14.4. The fourth-order valence-corrected chi connectivity index (χ4v) is 5.21. The maximum absolute atomic E-state index is 12.6. The molecule has 1 N–H and O–H groups in total. The highest BCUT2D eigenvalue weighted by Gasteiger charge is 2.28. The Morgan fingerprint density at radius 2 is 2.17 bits per heavy atom. The van der Waals surface area contributed by atoms with E-state index in [0.717, 1.165) is 41.4 Å². The van der Waals surface area contributed by atoms with Gasteiger partial charge in [-0.25, -0.2) is 4.79 Å². The molecule has 0 fully saturated rings. The van der Waals surface area contributed by atoms with Gasteiger partial charge in [-0.05, 0) is 68.4 Å². The third-order valence-corrected chi connectivity index (χ3v) is 6.49. The molecule has 156 valence electrons. The zero-order chi connectivity index (χ0) is 21.3. The Balaban J connectivity index is 1.56. The largest absolute Gasteiger partial charge is 0.462 e. The van der Waals surface area contributed by atoms with Crippen molar-refractivity contribution in [1.82, 2.24) is 0 Å². The fraction of sp³-hybridized carbons (Fsp3) is 0.333. The number of hydrogen-bond donors (Lipinski definition) is 1.